The van der Waals surface area contributed by atoms with E-state index in [0.29, 0.717) is 0 Å². The summed E-state index contributed by atoms with van der Waals surface area (Å²) in [6, 6.07) is 1.66. The van der Waals surface area contributed by atoms with E-state index in [2.05, 4.69) is 20.5 Å². The zero-order valence-electron chi connectivity index (χ0n) is 9.04. The summed E-state index contributed by atoms with van der Waals surface area (Å²) in [6.45, 7) is 0.878. The molecule has 0 radical (unpaired) electrons. The minimum atomic E-state index is 0.163. The summed E-state index contributed by atoms with van der Waals surface area (Å²) in [5, 5.41) is 0.817. The molecule has 1 aromatic heterocycles. The molecule has 86 valence electrons. The van der Waals surface area contributed by atoms with Crippen molar-refractivity contribution in [3.63, 3.8) is 0 Å². The minimum absolute atomic E-state index is 0.163. The van der Waals surface area contributed by atoms with Crippen LogP contribution in [0, 0.1) is 0 Å². The predicted molar refractivity (Wildman–Crippen MR) is 65.6 cm³/mol. The maximum Gasteiger partial charge on any atom is 0.198 e. The average molecular weight is 284 g/mol. The molecule has 0 saturated carbocycles. The van der Waals surface area contributed by atoms with Gasteiger partial charge in [-0.05, 0) is 25.7 Å². The number of ether oxygens (including phenoxy) is 1. The van der Waals surface area contributed by atoms with Crippen molar-refractivity contribution in [2.24, 2.45) is 0 Å². The molecular weight excluding hydrogens is 270 g/mol. The molecule has 0 amide bonds. The molecule has 4 heteroatoms. The molecule has 0 N–H and O–H groups in total. The van der Waals surface area contributed by atoms with Crippen LogP contribution in [0.25, 0.3) is 0 Å². The van der Waals surface area contributed by atoms with Crippen molar-refractivity contribution < 1.29 is 4.74 Å². The Morgan fingerprint density at radius 1 is 1.44 bits per heavy atom. The van der Waals surface area contributed by atoms with E-state index < -0.39 is 0 Å². The third kappa shape index (κ3) is 1.51. The van der Waals surface area contributed by atoms with E-state index >= 15 is 0 Å². The van der Waals surface area contributed by atoms with Crippen molar-refractivity contribution in [2.75, 3.05) is 5.33 Å². The first-order valence-electron chi connectivity index (χ1n) is 5.78. The summed E-state index contributed by atoms with van der Waals surface area (Å²) < 4.78 is 7.92. The minimum Gasteiger partial charge on any atom is -0.473 e. The van der Waals surface area contributed by atoms with E-state index in [-0.39, 0.29) is 11.5 Å². The second-order valence-electron chi connectivity index (χ2n) is 4.48. The van der Waals surface area contributed by atoms with Crippen molar-refractivity contribution in [3.8, 4) is 5.88 Å². The number of aromatic nitrogens is 1. The fourth-order valence-corrected chi connectivity index (χ4v) is 2.99. The summed E-state index contributed by atoms with van der Waals surface area (Å²) in [4.78, 5) is 11.9. The molecule has 3 rings (SSSR count). The molecule has 2 heterocycles. The van der Waals surface area contributed by atoms with Gasteiger partial charge in [0.15, 0.2) is 11.3 Å². The lowest BCUT2D eigenvalue weighted by atomic mass is 9.95. The van der Waals surface area contributed by atoms with Gasteiger partial charge in [-0.25, -0.2) is 0 Å². The van der Waals surface area contributed by atoms with E-state index in [1.165, 1.54) is 12.1 Å². The maximum absolute atomic E-state index is 11.9. The van der Waals surface area contributed by atoms with Crippen molar-refractivity contribution in [2.45, 2.75) is 38.3 Å². The molecule has 16 heavy (non-hydrogen) atoms. The number of nitrogens with zero attached hydrogens (tertiary/aromatic N) is 1. The molecule has 1 aliphatic carbocycles. The van der Waals surface area contributed by atoms with Crippen LogP contribution < -0.4 is 10.2 Å². The van der Waals surface area contributed by atoms with Crippen LogP contribution >= 0.6 is 15.9 Å². The molecule has 1 unspecified atom stereocenters. The average Bonchev–Trinajstić information content (AvgIpc) is 2.72. The lowest BCUT2D eigenvalue weighted by Crippen LogP contribution is -2.21. The molecular formula is C12H14BrNO2. The third-order valence-electron chi connectivity index (χ3n) is 3.43. The Labute approximate surface area is 103 Å². The van der Waals surface area contributed by atoms with Crippen LogP contribution in [0.3, 0.4) is 0 Å². The quantitative estimate of drug-likeness (QED) is 0.737. The Hall–Kier alpha value is -0.770. The number of hydrogen-bond acceptors (Lipinski definition) is 2. The van der Waals surface area contributed by atoms with E-state index in [1.807, 2.05) is 0 Å². The van der Waals surface area contributed by atoms with Gasteiger partial charge in [0, 0.05) is 22.7 Å². The fourth-order valence-electron chi connectivity index (χ4n) is 2.65. The monoisotopic (exact) mass is 283 g/mol. The van der Waals surface area contributed by atoms with Gasteiger partial charge in [-0.1, -0.05) is 15.9 Å². The van der Waals surface area contributed by atoms with Gasteiger partial charge in [-0.3, -0.25) is 4.79 Å². The number of fused-ring (bicyclic) bond motifs is 3. The zero-order valence-corrected chi connectivity index (χ0v) is 10.6. The van der Waals surface area contributed by atoms with Gasteiger partial charge in [-0.2, -0.15) is 0 Å². The molecule has 1 aliphatic heterocycles. The maximum atomic E-state index is 11.9. The lowest BCUT2D eigenvalue weighted by molar-refractivity contribution is 0.260. The Morgan fingerprint density at radius 3 is 3.06 bits per heavy atom. The largest absolute Gasteiger partial charge is 0.473 e. The van der Waals surface area contributed by atoms with Crippen molar-refractivity contribution in [1.82, 2.24) is 4.57 Å². The van der Waals surface area contributed by atoms with Crippen molar-refractivity contribution >= 4 is 15.9 Å². The summed E-state index contributed by atoms with van der Waals surface area (Å²) in [5.41, 5.74) is 2.40. The Balaban J connectivity index is 2.13. The molecule has 0 fully saturated rings. The van der Waals surface area contributed by atoms with Gasteiger partial charge in [0.2, 0.25) is 0 Å². The highest BCUT2D eigenvalue weighted by Crippen LogP contribution is 2.28. The van der Waals surface area contributed by atoms with Crippen LogP contribution in [0.4, 0.5) is 0 Å². The van der Waals surface area contributed by atoms with E-state index in [0.717, 1.165) is 42.6 Å². The SMILES string of the molecule is O=c1cc2n(c3c1CCCC3)CC(CBr)O2. The highest BCUT2D eigenvalue weighted by molar-refractivity contribution is 9.09. The second-order valence-corrected chi connectivity index (χ2v) is 5.13. The standard InChI is InChI=1S/C12H14BrNO2/c13-6-8-7-14-10-4-2-1-3-9(10)11(15)5-12(14)16-8/h5,8H,1-4,6-7H2. The number of alkyl halides is 1. The molecule has 0 bridgehead atoms. The van der Waals surface area contributed by atoms with Gasteiger partial charge in [0.25, 0.3) is 0 Å². The third-order valence-corrected chi connectivity index (χ3v) is 4.15. The molecule has 2 aliphatic rings. The first kappa shape index (κ1) is 10.4. The topological polar surface area (TPSA) is 31.2 Å². The van der Waals surface area contributed by atoms with E-state index in [1.54, 1.807) is 6.07 Å². The Kier molecular flexibility index (Phi) is 2.54. The summed E-state index contributed by atoms with van der Waals surface area (Å²) >= 11 is 3.43. The molecule has 1 atom stereocenters. The lowest BCUT2D eigenvalue weighted by Gasteiger charge is -2.18. The van der Waals surface area contributed by atoms with Crippen molar-refractivity contribution in [1.29, 1.82) is 0 Å². The van der Waals surface area contributed by atoms with Gasteiger partial charge in [0.1, 0.15) is 6.10 Å². The normalized spacial score (nSPS) is 22.4. The van der Waals surface area contributed by atoms with Crippen LogP contribution in [0.5, 0.6) is 5.88 Å². The van der Waals surface area contributed by atoms with Crippen LogP contribution in [0.1, 0.15) is 24.1 Å². The Bertz CT molecular complexity index is 481. The molecule has 1 aromatic rings. The molecule has 0 aromatic carbocycles. The van der Waals surface area contributed by atoms with Crippen LogP contribution in [-0.2, 0) is 19.4 Å². The van der Waals surface area contributed by atoms with Gasteiger partial charge >= 0.3 is 0 Å². The summed E-state index contributed by atoms with van der Waals surface area (Å²) in [5.74, 6) is 0.759. The van der Waals surface area contributed by atoms with Crippen LogP contribution in [0.15, 0.2) is 10.9 Å². The van der Waals surface area contributed by atoms with Crippen molar-refractivity contribution in [3.05, 3.63) is 27.5 Å². The highest BCUT2D eigenvalue weighted by Gasteiger charge is 2.27. The fraction of sp³-hybridized carbons (Fsp3) is 0.583. The predicted octanol–water partition coefficient (Wildman–Crippen LogP) is 1.88. The molecule has 0 spiro atoms. The Morgan fingerprint density at radius 2 is 2.25 bits per heavy atom. The number of pyridine rings is 1. The highest BCUT2D eigenvalue weighted by atomic mass is 79.9. The summed E-state index contributed by atoms with van der Waals surface area (Å²) in [7, 11) is 0. The van der Waals surface area contributed by atoms with E-state index in [4.69, 9.17) is 4.74 Å². The van der Waals surface area contributed by atoms with Crippen LogP contribution in [-0.4, -0.2) is 16.0 Å². The van der Waals surface area contributed by atoms with E-state index in [9.17, 15) is 4.79 Å². The van der Waals surface area contributed by atoms with Gasteiger partial charge < -0.3 is 9.30 Å². The van der Waals surface area contributed by atoms with Crippen LogP contribution in [0.2, 0.25) is 0 Å². The first-order valence-corrected chi connectivity index (χ1v) is 6.90. The van der Waals surface area contributed by atoms with Gasteiger partial charge in [-0.15, -0.1) is 0 Å². The smallest absolute Gasteiger partial charge is 0.198 e. The number of halogens is 1. The second kappa shape index (κ2) is 3.91. The number of hydrogen-bond donors (Lipinski definition) is 0. The zero-order chi connectivity index (χ0) is 11.1. The molecule has 3 nitrogen and oxygen atoms in total. The number of rotatable bonds is 1. The first-order chi connectivity index (χ1) is 7.79. The molecule has 0 saturated heterocycles. The van der Waals surface area contributed by atoms with Gasteiger partial charge in [0.05, 0.1) is 6.54 Å². The summed E-state index contributed by atoms with van der Waals surface area (Å²) in [6.07, 6.45) is 4.47.